The molecule has 2 saturated heterocycles. The number of rotatable bonds is 1. The summed E-state index contributed by atoms with van der Waals surface area (Å²) in [5, 5.41) is 2.88. The topological polar surface area (TPSA) is 47.6 Å². The predicted octanol–water partition coefficient (Wildman–Crippen LogP) is 1.62. The van der Waals surface area contributed by atoms with Crippen LogP contribution < -0.4 is 5.32 Å². The number of carbonyl (C=O) groups excluding carboxylic acids is 1. The van der Waals surface area contributed by atoms with Crippen molar-refractivity contribution in [1.29, 1.82) is 0 Å². The summed E-state index contributed by atoms with van der Waals surface area (Å²) in [6.45, 7) is 8.94. The summed E-state index contributed by atoms with van der Waals surface area (Å²) in [5.41, 5.74) is 1.39. The van der Waals surface area contributed by atoms with E-state index in [1.165, 1.54) is 0 Å². The van der Waals surface area contributed by atoms with Crippen molar-refractivity contribution in [3.63, 3.8) is 0 Å². The van der Waals surface area contributed by atoms with Gasteiger partial charge in [0.2, 0.25) is 5.91 Å². The van der Waals surface area contributed by atoms with Crippen LogP contribution in [0.4, 0.5) is 0 Å². The fourth-order valence-electron chi connectivity index (χ4n) is 2.73. The highest BCUT2D eigenvalue weighted by molar-refractivity contribution is 6.54. The first-order chi connectivity index (χ1) is 8.80. The molecule has 19 heavy (non-hydrogen) atoms. The lowest BCUT2D eigenvalue weighted by molar-refractivity contribution is -0.116. The van der Waals surface area contributed by atoms with Crippen molar-refractivity contribution >= 4 is 13.0 Å². The van der Waals surface area contributed by atoms with Gasteiger partial charge in [0.1, 0.15) is 0 Å². The highest BCUT2D eigenvalue weighted by Gasteiger charge is 2.52. The Bertz CT molecular complexity index is 477. The number of fused-ring (bicyclic) bond motifs is 1. The lowest BCUT2D eigenvalue weighted by Gasteiger charge is -2.32. The van der Waals surface area contributed by atoms with Gasteiger partial charge in [-0.05, 0) is 39.6 Å². The van der Waals surface area contributed by atoms with Gasteiger partial charge in [-0.15, -0.1) is 0 Å². The fraction of sp³-hybridized carbons (Fsp3) is 0.643. The molecule has 0 bridgehead atoms. The van der Waals surface area contributed by atoms with E-state index in [1.807, 2.05) is 12.2 Å². The van der Waals surface area contributed by atoms with Crippen LogP contribution in [0.3, 0.4) is 0 Å². The molecule has 1 N–H and O–H groups in total. The molecule has 1 amide bonds. The van der Waals surface area contributed by atoms with Crippen molar-refractivity contribution in [2.75, 3.05) is 6.54 Å². The standard InChI is InChI=1S/C14H20BNO3/c1-13(2)14(3,4)19-15(18-13)10-5-6-11-9(7-10)8-16-12(11)17/h5-6,9H,7-8H2,1-4H3,(H,16,17). The van der Waals surface area contributed by atoms with Crippen LogP contribution >= 0.6 is 0 Å². The Hall–Kier alpha value is -1.07. The third kappa shape index (κ3) is 1.96. The molecule has 5 heteroatoms. The minimum atomic E-state index is -0.313. The summed E-state index contributed by atoms with van der Waals surface area (Å²) in [7, 11) is -0.293. The van der Waals surface area contributed by atoms with Crippen molar-refractivity contribution < 1.29 is 14.1 Å². The van der Waals surface area contributed by atoms with E-state index < -0.39 is 0 Å². The molecule has 0 radical (unpaired) electrons. The SMILES string of the molecule is CC1(C)OB(C2=CC=C3C(=O)NCC3C2)OC1(C)C. The average Bonchev–Trinajstić information content (AvgIpc) is 2.78. The first-order valence-corrected chi connectivity index (χ1v) is 6.85. The molecule has 4 nitrogen and oxygen atoms in total. The Labute approximate surface area is 114 Å². The average molecular weight is 261 g/mol. The van der Waals surface area contributed by atoms with Crippen molar-refractivity contribution in [3.05, 3.63) is 23.2 Å². The van der Waals surface area contributed by atoms with Crippen LogP contribution in [0.15, 0.2) is 23.2 Å². The number of hydrogen-bond donors (Lipinski definition) is 1. The first-order valence-electron chi connectivity index (χ1n) is 6.85. The minimum absolute atomic E-state index is 0.0641. The van der Waals surface area contributed by atoms with E-state index >= 15 is 0 Å². The van der Waals surface area contributed by atoms with Crippen molar-refractivity contribution in [2.24, 2.45) is 5.92 Å². The van der Waals surface area contributed by atoms with E-state index in [2.05, 4.69) is 33.0 Å². The van der Waals surface area contributed by atoms with E-state index in [9.17, 15) is 4.79 Å². The van der Waals surface area contributed by atoms with E-state index in [-0.39, 0.29) is 30.1 Å². The van der Waals surface area contributed by atoms with Gasteiger partial charge in [-0.2, -0.15) is 0 Å². The maximum Gasteiger partial charge on any atom is 0.490 e. The van der Waals surface area contributed by atoms with Crippen LogP contribution in [0.2, 0.25) is 0 Å². The van der Waals surface area contributed by atoms with Gasteiger partial charge in [0.15, 0.2) is 0 Å². The molecule has 2 fully saturated rings. The van der Waals surface area contributed by atoms with Crippen LogP contribution in [0.25, 0.3) is 0 Å². The molecule has 0 aromatic carbocycles. The van der Waals surface area contributed by atoms with E-state index in [0.29, 0.717) is 0 Å². The molecule has 0 aromatic rings. The van der Waals surface area contributed by atoms with Crippen molar-refractivity contribution in [1.82, 2.24) is 5.32 Å². The smallest absolute Gasteiger partial charge is 0.400 e. The Morgan fingerprint density at radius 1 is 1.21 bits per heavy atom. The normalized spacial score (nSPS) is 31.7. The van der Waals surface area contributed by atoms with Gasteiger partial charge in [-0.25, -0.2) is 0 Å². The maximum absolute atomic E-state index is 11.6. The Morgan fingerprint density at radius 2 is 1.84 bits per heavy atom. The molecule has 0 aromatic heterocycles. The van der Waals surface area contributed by atoms with Gasteiger partial charge >= 0.3 is 7.12 Å². The monoisotopic (exact) mass is 261 g/mol. The highest BCUT2D eigenvalue weighted by atomic mass is 16.7. The molecule has 1 aliphatic carbocycles. The summed E-state index contributed by atoms with van der Waals surface area (Å²) < 4.78 is 12.1. The first kappa shape index (κ1) is 12.9. The molecule has 2 aliphatic heterocycles. The zero-order valence-corrected chi connectivity index (χ0v) is 11.9. The van der Waals surface area contributed by atoms with Crippen LogP contribution in [0.5, 0.6) is 0 Å². The molecule has 0 spiro atoms. The van der Waals surface area contributed by atoms with Gasteiger partial charge in [-0.1, -0.05) is 12.2 Å². The second-order valence-corrected chi connectivity index (χ2v) is 6.56. The second kappa shape index (κ2) is 3.96. The van der Waals surface area contributed by atoms with E-state index in [1.54, 1.807) is 0 Å². The van der Waals surface area contributed by atoms with Crippen LogP contribution in [0, 0.1) is 5.92 Å². The van der Waals surface area contributed by atoms with Crippen LogP contribution in [-0.2, 0) is 14.1 Å². The molecule has 2 heterocycles. The maximum atomic E-state index is 11.6. The quantitative estimate of drug-likeness (QED) is 0.729. The zero-order valence-electron chi connectivity index (χ0n) is 11.9. The summed E-state index contributed by atoms with van der Waals surface area (Å²) in [4.78, 5) is 11.6. The highest BCUT2D eigenvalue weighted by Crippen LogP contribution is 2.41. The Kier molecular flexibility index (Phi) is 2.70. The zero-order chi connectivity index (χ0) is 13.8. The van der Waals surface area contributed by atoms with Gasteiger partial charge < -0.3 is 14.6 Å². The van der Waals surface area contributed by atoms with E-state index in [4.69, 9.17) is 9.31 Å². The molecular formula is C14H20BNO3. The summed E-state index contributed by atoms with van der Waals surface area (Å²) in [6, 6.07) is 0. The lowest BCUT2D eigenvalue weighted by atomic mass is 9.70. The van der Waals surface area contributed by atoms with Gasteiger partial charge in [0, 0.05) is 18.0 Å². The van der Waals surface area contributed by atoms with Gasteiger partial charge in [0.25, 0.3) is 0 Å². The third-order valence-corrected chi connectivity index (χ3v) is 4.73. The number of hydrogen-bond acceptors (Lipinski definition) is 3. The second-order valence-electron chi connectivity index (χ2n) is 6.56. The lowest BCUT2D eigenvalue weighted by Crippen LogP contribution is -2.41. The molecule has 0 saturated carbocycles. The van der Waals surface area contributed by atoms with Gasteiger partial charge in [-0.3, -0.25) is 4.79 Å². The summed E-state index contributed by atoms with van der Waals surface area (Å²) in [5.74, 6) is 0.334. The van der Waals surface area contributed by atoms with Crippen molar-refractivity contribution in [2.45, 2.75) is 45.3 Å². The molecule has 3 rings (SSSR count). The van der Waals surface area contributed by atoms with E-state index in [0.717, 1.165) is 24.0 Å². The number of allylic oxidation sites excluding steroid dienone is 3. The van der Waals surface area contributed by atoms with Crippen molar-refractivity contribution in [3.8, 4) is 0 Å². The van der Waals surface area contributed by atoms with Crippen LogP contribution in [-0.4, -0.2) is 30.8 Å². The molecule has 102 valence electrons. The summed E-state index contributed by atoms with van der Waals surface area (Å²) >= 11 is 0. The minimum Gasteiger partial charge on any atom is -0.400 e. The summed E-state index contributed by atoms with van der Waals surface area (Å²) in [6.07, 6.45) is 4.73. The van der Waals surface area contributed by atoms with Crippen LogP contribution in [0.1, 0.15) is 34.1 Å². The predicted molar refractivity (Wildman–Crippen MR) is 73.4 cm³/mol. The number of amides is 1. The molecule has 1 unspecified atom stereocenters. The third-order valence-electron chi connectivity index (χ3n) is 4.73. The molecule has 3 aliphatic rings. The fourth-order valence-corrected chi connectivity index (χ4v) is 2.73. The number of nitrogens with one attached hydrogen (secondary N) is 1. The Balaban J connectivity index is 1.81. The largest absolute Gasteiger partial charge is 0.490 e. The molecule has 1 atom stereocenters. The Morgan fingerprint density at radius 3 is 2.47 bits per heavy atom. The van der Waals surface area contributed by atoms with Gasteiger partial charge in [0.05, 0.1) is 11.2 Å². The number of carbonyl (C=O) groups is 1. The molecular weight excluding hydrogens is 241 g/mol.